The summed E-state index contributed by atoms with van der Waals surface area (Å²) in [5, 5.41) is 8.82. The number of carboxylic acid groups (broad SMARTS) is 1. The molecule has 1 aliphatic heterocycles. The van der Waals surface area contributed by atoms with E-state index < -0.39 is 18.0 Å². The Labute approximate surface area is 76.9 Å². The first-order chi connectivity index (χ1) is 5.84. The van der Waals surface area contributed by atoms with Gasteiger partial charge in [0.1, 0.15) is 12.5 Å². The van der Waals surface area contributed by atoms with Crippen molar-refractivity contribution < 1.29 is 19.4 Å². The van der Waals surface area contributed by atoms with Gasteiger partial charge >= 0.3 is 5.97 Å². The second kappa shape index (κ2) is 3.10. The van der Waals surface area contributed by atoms with E-state index in [1.54, 1.807) is 0 Å². The second-order valence-electron chi connectivity index (χ2n) is 4.38. The van der Waals surface area contributed by atoms with Crippen molar-refractivity contribution in [2.75, 3.05) is 6.61 Å². The molecule has 74 valence electrons. The number of ether oxygens (including phenoxy) is 1. The Morgan fingerprint density at radius 3 is 2.38 bits per heavy atom. The van der Waals surface area contributed by atoms with Crippen molar-refractivity contribution in [3.63, 3.8) is 0 Å². The lowest BCUT2D eigenvalue weighted by Crippen LogP contribution is -2.37. The van der Waals surface area contributed by atoms with Crippen LogP contribution in [0, 0.1) is 11.3 Å². The van der Waals surface area contributed by atoms with E-state index in [1.165, 1.54) is 0 Å². The molecule has 1 heterocycles. The van der Waals surface area contributed by atoms with E-state index in [1.807, 2.05) is 20.8 Å². The van der Waals surface area contributed by atoms with E-state index in [4.69, 9.17) is 9.84 Å². The minimum atomic E-state index is -1.08. The fourth-order valence-electron chi connectivity index (χ4n) is 1.54. The molecule has 1 N–H and O–H groups in total. The van der Waals surface area contributed by atoms with E-state index in [9.17, 15) is 9.59 Å². The predicted octanol–water partition coefficient (Wildman–Crippen LogP) is 0.701. The molecule has 2 atom stereocenters. The van der Waals surface area contributed by atoms with Gasteiger partial charge in [-0.05, 0) is 5.41 Å². The third-order valence-electron chi connectivity index (χ3n) is 2.17. The van der Waals surface area contributed by atoms with Gasteiger partial charge in [-0.3, -0.25) is 9.59 Å². The van der Waals surface area contributed by atoms with Crippen LogP contribution in [0.25, 0.3) is 0 Å². The molecule has 1 aliphatic rings. The maximum absolute atomic E-state index is 11.2. The normalized spacial score (nSPS) is 29.3. The summed E-state index contributed by atoms with van der Waals surface area (Å²) in [4.78, 5) is 21.9. The zero-order valence-electron chi connectivity index (χ0n) is 8.03. The summed E-state index contributed by atoms with van der Waals surface area (Å²) in [7, 11) is 0. The van der Waals surface area contributed by atoms with Crippen LogP contribution in [-0.4, -0.2) is 29.6 Å². The van der Waals surface area contributed by atoms with Crippen LogP contribution < -0.4 is 0 Å². The van der Waals surface area contributed by atoms with E-state index in [-0.39, 0.29) is 17.8 Å². The fraction of sp³-hybridized carbons (Fsp3) is 0.778. The summed E-state index contributed by atoms with van der Waals surface area (Å²) in [6.45, 7) is 5.53. The van der Waals surface area contributed by atoms with Gasteiger partial charge in [-0.2, -0.15) is 0 Å². The van der Waals surface area contributed by atoms with E-state index in [0.717, 1.165) is 0 Å². The van der Waals surface area contributed by atoms with Gasteiger partial charge in [-0.1, -0.05) is 20.8 Å². The molecule has 4 heteroatoms. The number of hydrogen-bond acceptors (Lipinski definition) is 3. The van der Waals surface area contributed by atoms with Gasteiger partial charge in [0.2, 0.25) is 0 Å². The molecular formula is C9H14O4. The Hall–Kier alpha value is -0.900. The predicted molar refractivity (Wildman–Crippen MR) is 45.3 cm³/mol. The van der Waals surface area contributed by atoms with Gasteiger partial charge < -0.3 is 9.84 Å². The molecule has 1 saturated heterocycles. The average molecular weight is 186 g/mol. The van der Waals surface area contributed by atoms with Crippen LogP contribution in [0.5, 0.6) is 0 Å². The van der Waals surface area contributed by atoms with Crippen LogP contribution in [0.4, 0.5) is 0 Å². The van der Waals surface area contributed by atoms with Crippen molar-refractivity contribution in [3.05, 3.63) is 0 Å². The van der Waals surface area contributed by atoms with Gasteiger partial charge in [0.15, 0.2) is 5.78 Å². The van der Waals surface area contributed by atoms with Crippen LogP contribution in [0.2, 0.25) is 0 Å². The molecule has 1 rings (SSSR count). The first-order valence-corrected chi connectivity index (χ1v) is 4.21. The number of carbonyl (C=O) groups excluding carboxylic acids is 1. The van der Waals surface area contributed by atoms with Crippen LogP contribution in [-0.2, 0) is 14.3 Å². The van der Waals surface area contributed by atoms with Crippen molar-refractivity contribution >= 4 is 11.8 Å². The van der Waals surface area contributed by atoms with Gasteiger partial charge in [0.25, 0.3) is 0 Å². The molecule has 0 saturated carbocycles. The molecule has 0 bridgehead atoms. The number of hydrogen-bond donors (Lipinski definition) is 1. The van der Waals surface area contributed by atoms with Crippen molar-refractivity contribution in [2.45, 2.75) is 26.9 Å². The number of ketones is 1. The maximum Gasteiger partial charge on any atom is 0.316 e. The summed E-state index contributed by atoms with van der Waals surface area (Å²) in [6, 6.07) is 0. The molecule has 1 fully saturated rings. The van der Waals surface area contributed by atoms with Gasteiger partial charge in [-0.15, -0.1) is 0 Å². The van der Waals surface area contributed by atoms with Crippen molar-refractivity contribution in [1.29, 1.82) is 0 Å². The van der Waals surface area contributed by atoms with E-state index in [0.29, 0.717) is 0 Å². The van der Waals surface area contributed by atoms with Crippen LogP contribution in [0.15, 0.2) is 0 Å². The van der Waals surface area contributed by atoms with Crippen LogP contribution in [0.3, 0.4) is 0 Å². The Balaban J connectivity index is 2.88. The van der Waals surface area contributed by atoms with Gasteiger partial charge in [0.05, 0.1) is 6.10 Å². The first-order valence-electron chi connectivity index (χ1n) is 4.21. The summed E-state index contributed by atoms with van der Waals surface area (Å²) in [5.74, 6) is -2.39. The Morgan fingerprint density at radius 1 is 1.54 bits per heavy atom. The number of carboxylic acids is 1. The zero-order valence-corrected chi connectivity index (χ0v) is 8.03. The van der Waals surface area contributed by atoms with Gasteiger partial charge in [-0.25, -0.2) is 0 Å². The highest BCUT2D eigenvalue weighted by Crippen LogP contribution is 2.33. The molecule has 0 aromatic carbocycles. The number of Topliss-reactive ketones (excluding diaryl/α,β-unsaturated/α-hetero) is 1. The summed E-state index contributed by atoms with van der Waals surface area (Å²) in [5.41, 5.74) is -0.310. The largest absolute Gasteiger partial charge is 0.481 e. The SMILES string of the molecule is CC(C)(C)C1OCC(=O)C1C(=O)O. The molecule has 0 aliphatic carbocycles. The lowest BCUT2D eigenvalue weighted by molar-refractivity contribution is -0.148. The maximum atomic E-state index is 11.2. The van der Waals surface area contributed by atoms with E-state index in [2.05, 4.69) is 0 Å². The average Bonchev–Trinajstić information content (AvgIpc) is 2.28. The highest BCUT2D eigenvalue weighted by Gasteiger charge is 2.46. The smallest absolute Gasteiger partial charge is 0.316 e. The third-order valence-corrected chi connectivity index (χ3v) is 2.17. The lowest BCUT2D eigenvalue weighted by Gasteiger charge is -2.28. The molecule has 0 aromatic rings. The Kier molecular flexibility index (Phi) is 2.43. The number of carbonyl (C=O) groups is 2. The van der Waals surface area contributed by atoms with Crippen molar-refractivity contribution in [1.82, 2.24) is 0 Å². The molecule has 0 amide bonds. The van der Waals surface area contributed by atoms with Crippen molar-refractivity contribution in [2.24, 2.45) is 11.3 Å². The lowest BCUT2D eigenvalue weighted by atomic mass is 9.81. The fourth-order valence-corrected chi connectivity index (χ4v) is 1.54. The third kappa shape index (κ3) is 1.88. The monoisotopic (exact) mass is 186 g/mol. The highest BCUT2D eigenvalue weighted by atomic mass is 16.5. The Morgan fingerprint density at radius 2 is 2.08 bits per heavy atom. The molecule has 4 nitrogen and oxygen atoms in total. The van der Waals surface area contributed by atoms with Crippen LogP contribution >= 0.6 is 0 Å². The molecular weight excluding hydrogens is 172 g/mol. The minimum Gasteiger partial charge on any atom is -0.481 e. The molecule has 13 heavy (non-hydrogen) atoms. The summed E-state index contributed by atoms with van der Waals surface area (Å²) < 4.78 is 5.17. The second-order valence-corrected chi connectivity index (χ2v) is 4.38. The highest BCUT2D eigenvalue weighted by molar-refractivity contribution is 6.01. The number of rotatable bonds is 1. The summed E-state index contributed by atoms with van der Waals surface area (Å²) in [6.07, 6.45) is -0.502. The molecule has 0 aromatic heterocycles. The van der Waals surface area contributed by atoms with Gasteiger partial charge in [0, 0.05) is 0 Å². The minimum absolute atomic E-state index is 0.0705. The Bertz CT molecular complexity index is 238. The molecule has 0 radical (unpaired) electrons. The quantitative estimate of drug-likeness (QED) is 0.612. The topological polar surface area (TPSA) is 63.6 Å². The standard InChI is InChI=1S/C9H14O4/c1-9(2,3)7-6(8(11)12)5(10)4-13-7/h6-7H,4H2,1-3H3,(H,11,12). The summed E-state index contributed by atoms with van der Waals surface area (Å²) >= 11 is 0. The molecule has 2 unspecified atom stereocenters. The number of aliphatic carboxylic acids is 1. The first kappa shape index (κ1) is 10.2. The molecule has 0 spiro atoms. The van der Waals surface area contributed by atoms with Crippen molar-refractivity contribution in [3.8, 4) is 0 Å². The zero-order chi connectivity index (χ0) is 10.2. The van der Waals surface area contributed by atoms with E-state index >= 15 is 0 Å². The van der Waals surface area contributed by atoms with Crippen LogP contribution in [0.1, 0.15) is 20.8 Å².